The van der Waals surface area contributed by atoms with Gasteiger partial charge in [-0.1, -0.05) is 18.7 Å². The molecule has 12 heteroatoms. The van der Waals surface area contributed by atoms with Crippen LogP contribution < -0.4 is 20.3 Å². The van der Waals surface area contributed by atoms with Gasteiger partial charge >= 0.3 is 6.61 Å². The summed E-state index contributed by atoms with van der Waals surface area (Å²) in [5.74, 6) is -0.417. The summed E-state index contributed by atoms with van der Waals surface area (Å²) >= 11 is 0. The van der Waals surface area contributed by atoms with Crippen molar-refractivity contribution in [3.05, 3.63) is 61.4 Å². The molecule has 0 aliphatic heterocycles. The second-order valence-electron chi connectivity index (χ2n) is 9.09. The van der Waals surface area contributed by atoms with E-state index in [2.05, 4.69) is 32.3 Å². The van der Waals surface area contributed by atoms with E-state index in [0.29, 0.717) is 30.2 Å². The van der Waals surface area contributed by atoms with Gasteiger partial charge in [0.15, 0.2) is 5.75 Å². The summed E-state index contributed by atoms with van der Waals surface area (Å²) in [6.07, 6.45) is 4.47. The fraction of sp³-hybridized carbons (Fsp3) is 0.259. The monoisotopic (exact) mass is 536 g/mol. The third-order valence-electron chi connectivity index (χ3n) is 6.00. The van der Waals surface area contributed by atoms with Crippen LogP contribution in [-0.4, -0.2) is 71.4 Å². The number of carbonyl (C=O) groups is 1. The number of amides is 1. The second kappa shape index (κ2) is 11.9. The fourth-order valence-electron chi connectivity index (χ4n) is 3.93. The van der Waals surface area contributed by atoms with E-state index in [-0.39, 0.29) is 17.4 Å². The van der Waals surface area contributed by atoms with Gasteiger partial charge in [-0.15, -0.1) is 0 Å². The standard InChI is InChI=1S/C27H30F2N8O2/c1-6-25(38)32-20-14-21(24(39-26(28)29)15-23(20)36(4)12-11-35(2)3)34-27-30-10-9-19(33-27)17-7-8-18-16-31-37(5)22(18)13-17/h6-10,13-16,26H,1,11-12H2,2-5H3,(H,32,38)(H,30,33,34). The van der Waals surface area contributed by atoms with Crippen molar-refractivity contribution in [1.82, 2.24) is 24.6 Å². The van der Waals surface area contributed by atoms with Gasteiger partial charge in [-0.2, -0.15) is 13.9 Å². The summed E-state index contributed by atoms with van der Waals surface area (Å²) in [7, 11) is 7.51. The van der Waals surface area contributed by atoms with Gasteiger partial charge < -0.3 is 25.2 Å². The molecule has 2 aromatic heterocycles. The Kier molecular flexibility index (Phi) is 8.35. The van der Waals surface area contributed by atoms with Gasteiger partial charge in [-0.25, -0.2) is 9.97 Å². The largest absolute Gasteiger partial charge is 0.433 e. The highest BCUT2D eigenvalue weighted by Crippen LogP contribution is 2.39. The van der Waals surface area contributed by atoms with E-state index in [1.165, 1.54) is 12.1 Å². The maximum Gasteiger partial charge on any atom is 0.387 e. The molecule has 0 unspecified atom stereocenters. The quantitative estimate of drug-likeness (QED) is 0.271. The zero-order chi connectivity index (χ0) is 28.1. The van der Waals surface area contributed by atoms with Crippen molar-refractivity contribution in [2.45, 2.75) is 6.61 Å². The zero-order valence-electron chi connectivity index (χ0n) is 22.2. The van der Waals surface area contributed by atoms with Crippen molar-refractivity contribution < 1.29 is 18.3 Å². The van der Waals surface area contributed by atoms with Gasteiger partial charge in [0.2, 0.25) is 11.9 Å². The number of alkyl halides is 2. The van der Waals surface area contributed by atoms with Gasteiger partial charge in [-0.3, -0.25) is 9.48 Å². The number of hydrogen-bond donors (Lipinski definition) is 2. The fourth-order valence-corrected chi connectivity index (χ4v) is 3.93. The van der Waals surface area contributed by atoms with Crippen LogP contribution in [0.15, 0.2) is 61.4 Å². The predicted molar refractivity (Wildman–Crippen MR) is 149 cm³/mol. The number of nitrogens with one attached hydrogen (secondary N) is 2. The Labute approximate surface area is 224 Å². The number of anilines is 4. The number of rotatable bonds is 11. The lowest BCUT2D eigenvalue weighted by molar-refractivity contribution is -0.111. The Morgan fingerprint density at radius 1 is 1.15 bits per heavy atom. The summed E-state index contributed by atoms with van der Waals surface area (Å²) in [4.78, 5) is 24.9. The molecule has 39 heavy (non-hydrogen) atoms. The number of likely N-dealkylation sites (N-methyl/N-ethyl adjacent to an activating group) is 2. The van der Waals surface area contributed by atoms with Crippen molar-refractivity contribution in [3.63, 3.8) is 0 Å². The highest BCUT2D eigenvalue weighted by atomic mass is 19.3. The van der Waals surface area contributed by atoms with E-state index < -0.39 is 12.5 Å². The summed E-state index contributed by atoms with van der Waals surface area (Å²) < 4.78 is 33.5. The summed E-state index contributed by atoms with van der Waals surface area (Å²) in [5, 5.41) is 11.0. The van der Waals surface area contributed by atoms with Crippen LogP contribution in [0, 0.1) is 0 Å². The Morgan fingerprint density at radius 2 is 1.95 bits per heavy atom. The smallest absolute Gasteiger partial charge is 0.387 e. The van der Waals surface area contributed by atoms with Crippen molar-refractivity contribution in [2.24, 2.45) is 7.05 Å². The molecular weight excluding hydrogens is 506 g/mol. The van der Waals surface area contributed by atoms with Gasteiger partial charge in [0.25, 0.3) is 0 Å². The first kappa shape index (κ1) is 27.5. The van der Waals surface area contributed by atoms with Gasteiger partial charge in [-0.05, 0) is 38.4 Å². The molecule has 0 radical (unpaired) electrons. The van der Waals surface area contributed by atoms with Crippen LogP contribution in [0.5, 0.6) is 5.75 Å². The minimum Gasteiger partial charge on any atom is -0.433 e. The highest BCUT2D eigenvalue weighted by molar-refractivity contribution is 6.02. The number of ether oxygens (including phenoxy) is 1. The average molecular weight is 537 g/mol. The molecule has 204 valence electrons. The third-order valence-corrected chi connectivity index (χ3v) is 6.00. The van der Waals surface area contributed by atoms with E-state index in [1.807, 2.05) is 49.1 Å². The number of aromatic nitrogens is 4. The lowest BCUT2D eigenvalue weighted by atomic mass is 10.1. The second-order valence-corrected chi connectivity index (χ2v) is 9.09. The molecule has 0 aliphatic carbocycles. The number of hydrogen-bond acceptors (Lipinski definition) is 8. The summed E-state index contributed by atoms with van der Waals surface area (Å²) in [6, 6.07) is 10.5. The normalized spacial score (nSPS) is 11.2. The minimum absolute atomic E-state index is 0.126. The van der Waals surface area contributed by atoms with E-state index in [1.54, 1.807) is 30.2 Å². The van der Waals surface area contributed by atoms with Crippen LogP contribution in [0.3, 0.4) is 0 Å². The molecule has 2 heterocycles. The van der Waals surface area contributed by atoms with Crippen LogP contribution in [0.25, 0.3) is 22.2 Å². The molecule has 0 saturated heterocycles. The van der Waals surface area contributed by atoms with E-state index >= 15 is 0 Å². The van der Waals surface area contributed by atoms with Crippen LogP contribution in [0.4, 0.5) is 31.8 Å². The molecule has 1 amide bonds. The van der Waals surface area contributed by atoms with E-state index in [0.717, 1.165) is 22.5 Å². The first-order chi connectivity index (χ1) is 18.6. The van der Waals surface area contributed by atoms with E-state index in [4.69, 9.17) is 4.74 Å². The van der Waals surface area contributed by atoms with Crippen LogP contribution in [-0.2, 0) is 11.8 Å². The first-order valence-corrected chi connectivity index (χ1v) is 12.1. The Bertz CT molecular complexity index is 1490. The lowest BCUT2D eigenvalue weighted by Crippen LogP contribution is -2.29. The van der Waals surface area contributed by atoms with Gasteiger partial charge in [0, 0.05) is 50.4 Å². The molecule has 4 rings (SSSR count). The SMILES string of the molecule is C=CC(=O)Nc1cc(Nc2nccc(-c3ccc4cnn(C)c4c3)n2)c(OC(F)F)cc1N(C)CCN(C)C. The number of fused-ring (bicyclic) bond motifs is 1. The Balaban J connectivity index is 1.72. The number of carbonyl (C=O) groups excluding carboxylic acids is 1. The lowest BCUT2D eigenvalue weighted by Gasteiger charge is -2.26. The molecule has 0 atom stereocenters. The van der Waals surface area contributed by atoms with Crippen molar-refractivity contribution in [1.29, 1.82) is 0 Å². The maximum absolute atomic E-state index is 13.4. The molecule has 0 spiro atoms. The Morgan fingerprint density at radius 3 is 2.67 bits per heavy atom. The average Bonchev–Trinajstić information content (AvgIpc) is 3.28. The molecule has 2 N–H and O–H groups in total. The third kappa shape index (κ3) is 6.65. The van der Waals surface area contributed by atoms with Crippen molar-refractivity contribution in [2.75, 3.05) is 49.8 Å². The molecular formula is C27H30F2N8O2. The Hall–Kier alpha value is -4.58. The minimum atomic E-state index is -3.07. The summed E-state index contributed by atoms with van der Waals surface area (Å²) in [6.45, 7) is 1.69. The molecule has 0 fully saturated rings. The molecule has 10 nitrogen and oxygen atoms in total. The van der Waals surface area contributed by atoms with Crippen LogP contribution >= 0.6 is 0 Å². The van der Waals surface area contributed by atoms with Crippen molar-refractivity contribution in [3.8, 4) is 17.0 Å². The molecule has 4 aromatic rings. The number of halogens is 2. The molecule has 0 saturated carbocycles. The van der Waals surface area contributed by atoms with Gasteiger partial charge in [0.05, 0.1) is 34.5 Å². The van der Waals surface area contributed by atoms with Crippen LogP contribution in [0.2, 0.25) is 0 Å². The topological polar surface area (TPSA) is 100 Å². The van der Waals surface area contributed by atoms with E-state index in [9.17, 15) is 13.6 Å². The number of aryl methyl sites for hydroxylation is 1. The van der Waals surface area contributed by atoms with Crippen molar-refractivity contribution >= 4 is 39.8 Å². The first-order valence-electron chi connectivity index (χ1n) is 12.1. The number of benzene rings is 2. The van der Waals surface area contributed by atoms with Gasteiger partial charge in [0.1, 0.15) is 0 Å². The van der Waals surface area contributed by atoms with Crippen LogP contribution in [0.1, 0.15) is 0 Å². The molecule has 0 bridgehead atoms. The summed E-state index contributed by atoms with van der Waals surface area (Å²) in [5.41, 5.74) is 3.41. The zero-order valence-corrected chi connectivity index (χ0v) is 22.2. The highest BCUT2D eigenvalue weighted by Gasteiger charge is 2.19. The molecule has 0 aliphatic rings. The maximum atomic E-state index is 13.4. The predicted octanol–water partition coefficient (Wildman–Crippen LogP) is 4.50. The molecule has 2 aromatic carbocycles. The number of nitrogens with zero attached hydrogens (tertiary/aromatic N) is 6.